The molecule has 0 saturated carbocycles. The van der Waals surface area contributed by atoms with Crippen LogP contribution in [-0.2, 0) is 9.59 Å². The van der Waals surface area contributed by atoms with E-state index < -0.39 is 0 Å². The number of hydrogen-bond acceptors (Lipinski definition) is 3. The molecule has 1 saturated heterocycles. The molecule has 1 rings (SSSR count). The maximum absolute atomic E-state index is 11.8. The van der Waals surface area contributed by atoms with Crippen molar-refractivity contribution in [2.24, 2.45) is 0 Å². The number of carbonyl (C=O) groups is 2. The second-order valence-electron chi connectivity index (χ2n) is 4.81. The molecule has 1 fully saturated rings. The molecule has 18 heavy (non-hydrogen) atoms. The maximum Gasteiger partial charge on any atom is 0.239 e. The molecule has 0 aliphatic carbocycles. The zero-order valence-electron chi connectivity index (χ0n) is 11.2. The van der Waals surface area contributed by atoms with Crippen molar-refractivity contribution in [2.45, 2.75) is 51.5 Å². The molecule has 1 aliphatic rings. The summed E-state index contributed by atoms with van der Waals surface area (Å²) in [4.78, 5) is 25.2. The number of amides is 2. The van der Waals surface area contributed by atoms with E-state index in [0.717, 1.165) is 25.7 Å². The van der Waals surface area contributed by atoms with Crippen molar-refractivity contribution in [2.75, 3.05) is 19.7 Å². The van der Waals surface area contributed by atoms with Crippen LogP contribution in [0.3, 0.4) is 0 Å². The van der Waals surface area contributed by atoms with E-state index in [4.69, 9.17) is 5.11 Å². The maximum atomic E-state index is 11.8. The van der Waals surface area contributed by atoms with Gasteiger partial charge in [-0.3, -0.25) is 9.59 Å². The minimum atomic E-state index is -0.120. The van der Waals surface area contributed by atoms with Crippen LogP contribution in [0.5, 0.6) is 0 Å². The Morgan fingerprint density at radius 3 is 2.89 bits per heavy atom. The normalized spacial score (nSPS) is 18.3. The first-order chi connectivity index (χ1) is 8.67. The molecule has 1 heterocycles. The molecule has 2 N–H and O–H groups in total. The van der Waals surface area contributed by atoms with Crippen LogP contribution < -0.4 is 5.32 Å². The first-order valence-corrected chi connectivity index (χ1v) is 6.85. The minimum absolute atomic E-state index is 0.00424. The van der Waals surface area contributed by atoms with Crippen LogP contribution in [0, 0.1) is 0 Å². The van der Waals surface area contributed by atoms with Crippen LogP contribution in [-0.4, -0.2) is 47.6 Å². The Hall–Kier alpha value is -1.10. The van der Waals surface area contributed by atoms with Gasteiger partial charge in [-0.25, -0.2) is 0 Å². The third kappa shape index (κ3) is 5.04. The largest absolute Gasteiger partial charge is 0.396 e. The van der Waals surface area contributed by atoms with Crippen molar-refractivity contribution in [1.82, 2.24) is 10.2 Å². The standard InChI is InChI=1S/C13H24N2O3/c1-2-11(7-9-16)14-12(17)10-15-8-5-3-4-6-13(15)18/h11,16H,2-10H2,1H3,(H,14,17). The molecule has 0 aromatic carbocycles. The van der Waals surface area contributed by atoms with E-state index >= 15 is 0 Å². The van der Waals surface area contributed by atoms with Crippen molar-refractivity contribution < 1.29 is 14.7 Å². The number of rotatable bonds is 6. The summed E-state index contributed by atoms with van der Waals surface area (Å²) in [5.41, 5.74) is 0. The molecule has 1 unspecified atom stereocenters. The molecule has 1 aliphatic heterocycles. The summed E-state index contributed by atoms with van der Waals surface area (Å²) in [5.74, 6) is -0.0385. The van der Waals surface area contributed by atoms with Gasteiger partial charge in [0, 0.05) is 25.6 Å². The first-order valence-electron chi connectivity index (χ1n) is 6.85. The topological polar surface area (TPSA) is 69.6 Å². The molecule has 0 aromatic heterocycles. The number of nitrogens with one attached hydrogen (secondary N) is 1. The smallest absolute Gasteiger partial charge is 0.239 e. The Morgan fingerprint density at radius 1 is 1.44 bits per heavy atom. The predicted octanol–water partition coefficient (Wildman–Crippen LogP) is 0.666. The quantitative estimate of drug-likeness (QED) is 0.733. The molecule has 1 atom stereocenters. The number of aliphatic hydroxyl groups is 1. The summed E-state index contributed by atoms with van der Waals surface area (Å²) in [5, 5.41) is 11.7. The van der Waals surface area contributed by atoms with Crippen LogP contribution in [0.1, 0.15) is 45.4 Å². The van der Waals surface area contributed by atoms with Crippen LogP contribution in [0.25, 0.3) is 0 Å². The fourth-order valence-electron chi connectivity index (χ4n) is 2.19. The lowest BCUT2D eigenvalue weighted by Crippen LogP contribution is -2.44. The molecular weight excluding hydrogens is 232 g/mol. The van der Waals surface area contributed by atoms with Gasteiger partial charge in [-0.05, 0) is 25.7 Å². The van der Waals surface area contributed by atoms with E-state index in [2.05, 4.69) is 5.32 Å². The zero-order valence-corrected chi connectivity index (χ0v) is 11.2. The highest BCUT2D eigenvalue weighted by atomic mass is 16.3. The van der Waals surface area contributed by atoms with Crippen molar-refractivity contribution in [3.05, 3.63) is 0 Å². The fraction of sp³-hybridized carbons (Fsp3) is 0.846. The third-order valence-corrected chi connectivity index (χ3v) is 3.34. The van der Waals surface area contributed by atoms with Gasteiger partial charge in [0.2, 0.25) is 11.8 Å². The highest BCUT2D eigenvalue weighted by Crippen LogP contribution is 2.10. The monoisotopic (exact) mass is 256 g/mol. The van der Waals surface area contributed by atoms with Crippen molar-refractivity contribution >= 4 is 11.8 Å². The Bertz CT molecular complexity index is 281. The highest BCUT2D eigenvalue weighted by Gasteiger charge is 2.20. The number of carbonyl (C=O) groups excluding carboxylic acids is 2. The lowest BCUT2D eigenvalue weighted by atomic mass is 10.1. The Labute approximate surface area is 109 Å². The van der Waals surface area contributed by atoms with Gasteiger partial charge in [0.15, 0.2) is 0 Å². The highest BCUT2D eigenvalue weighted by molar-refractivity contribution is 5.85. The Balaban J connectivity index is 2.39. The van der Waals surface area contributed by atoms with E-state index in [1.165, 1.54) is 0 Å². The average Bonchev–Trinajstić information content (AvgIpc) is 2.54. The molecule has 0 bridgehead atoms. The second-order valence-corrected chi connectivity index (χ2v) is 4.81. The number of hydrogen-bond donors (Lipinski definition) is 2. The van der Waals surface area contributed by atoms with Gasteiger partial charge < -0.3 is 15.3 Å². The summed E-state index contributed by atoms with van der Waals surface area (Å²) >= 11 is 0. The molecule has 5 nitrogen and oxygen atoms in total. The van der Waals surface area contributed by atoms with Crippen molar-refractivity contribution in [3.8, 4) is 0 Å². The van der Waals surface area contributed by atoms with Gasteiger partial charge >= 0.3 is 0 Å². The number of nitrogens with zero attached hydrogens (tertiary/aromatic N) is 1. The number of likely N-dealkylation sites (tertiary alicyclic amines) is 1. The second kappa shape index (κ2) is 8.08. The minimum Gasteiger partial charge on any atom is -0.396 e. The third-order valence-electron chi connectivity index (χ3n) is 3.34. The summed E-state index contributed by atoms with van der Waals surface area (Å²) in [6, 6.07) is 0.00424. The Kier molecular flexibility index (Phi) is 6.72. The average molecular weight is 256 g/mol. The summed E-state index contributed by atoms with van der Waals surface area (Å²) in [7, 11) is 0. The molecule has 104 valence electrons. The van der Waals surface area contributed by atoms with Gasteiger partial charge in [-0.2, -0.15) is 0 Å². The molecule has 0 spiro atoms. The molecule has 2 amide bonds. The molecule has 0 aromatic rings. The van der Waals surface area contributed by atoms with E-state index in [-0.39, 0.29) is 31.0 Å². The zero-order chi connectivity index (χ0) is 13.4. The van der Waals surface area contributed by atoms with Gasteiger partial charge in [0.25, 0.3) is 0 Å². The fourth-order valence-corrected chi connectivity index (χ4v) is 2.19. The van der Waals surface area contributed by atoms with Crippen LogP contribution in [0.4, 0.5) is 0 Å². The molecule has 0 radical (unpaired) electrons. The summed E-state index contributed by atoms with van der Waals surface area (Å²) in [6.07, 6.45) is 4.88. The van der Waals surface area contributed by atoms with Crippen LogP contribution in [0.15, 0.2) is 0 Å². The predicted molar refractivity (Wildman–Crippen MR) is 69.0 cm³/mol. The summed E-state index contributed by atoms with van der Waals surface area (Å²) < 4.78 is 0. The van der Waals surface area contributed by atoms with E-state index in [9.17, 15) is 9.59 Å². The van der Waals surface area contributed by atoms with Gasteiger partial charge in [-0.15, -0.1) is 0 Å². The van der Waals surface area contributed by atoms with Gasteiger partial charge in [0.1, 0.15) is 0 Å². The van der Waals surface area contributed by atoms with Crippen LogP contribution in [0.2, 0.25) is 0 Å². The Morgan fingerprint density at radius 2 is 2.22 bits per heavy atom. The van der Waals surface area contributed by atoms with E-state index in [1.807, 2.05) is 6.92 Å². The van der Waals surface area contributed by atoms with E-state index in [0.29, 0.717) is 19.4 Å². The van der Waals surface area contributed by atoms with Crippen molar-refractivity contribution in [3.63, 3.8) is 0 Å². The van der Waals surface area contributed by atoms with Gasteiger partial charge in [-0.1, -0.05) is 13.3 Å². The SMILES string of the molecule is CCC(CCO)NC(=O)CN1CCCCCC1=O. The lowest BCUT2D eigenvalue weighted by molar-refractivity contribution is -0.135. The molecular formula is C13H24N2O3. The lowest BCUT2D eigenvalue weighted by Gasteiger charge is -2.22. The first kappa shape index (κ1) is 15.0. The van der Waals surface area contributed by atoms with Crippen LogP contribution >= 0.6 is 0 Å². The summed E-state index contributed by atoms with van der Waals surface area (Å²) in [6.45, 7) is 2.88. The number of aliphatic hydroxyl groups excluding tert-OH is 1. The molecule has 5 heteroatoms. The van der Waals surface area contributed by atoms with Crippen molar-refractivity contribution in [1.29, 1.82) is 0 Å². The van der Waals surface area contributed by atoms with Gasteiger partial charge in [0.05, 0.1) is 6.54 Å². The van der Waals surface area contributed by atoms with E-state index in [1.54, 1.807) is 4.90 Å².